The maximum absolute atomic E-state index is 11.6. The Morgan fingerprint density at radius 1 is 1.07 bits per heavy atom. The van der Waals surface area contributed by atoms with Crippen LogP contribution in [0.2, 0.25) is 0 Å². The zero-order chi connectivity index (χ0) is 20.3. The van der Waals surface area contributed by atoms with Crippen molar-refractivity contribution < 1.29 is 13.2 Å². The number of rotatable bonds is 6. The third-order valence-corrected chi connectivity index (χ3v) is 5.35. The van der Waals surface area contributed by atoms with E-state index < -0.39 is 10.0 Å². The summed E-state index contributed by atoms with van der Waals surface area (Å²) >= 11 is 0. The summed E-state index contributed by atoms with van der Waals surface area (Å²) in [6.07, 6.45) is 0.468. The van der Waals surface area contributed by atoms with Crippen molar-refractivity contribution in [1.82, 2.24) is 9.97 Å². The van der Waals surface area contributed by atoms with E-state index >= 15 is 0 Å². The molecule has 3 aromatic rings. The van der Waals surface area contributed by atoms with Crippen molar-refractivity contribution in [2.24, 2.45) is 5.14 Å². The minimum Gasteiger partial charge on any atom is -0.497 e. The van der Waals surface area contributed by atoms with E-state index in [0.29, 0.717) is 12.4 Å². The normalized spacial score (nSPS) is 11.3. The minimum atomic E-state index is -3.75. The molecule has 2 aromatic carbocycles. The summed E-state index contributed by atoms with van der Waals surface area (Å²) in [5, 5.41) is 8.42. The van der Waals surface area contributed by atoms with Crippen LogP contribution in [0.3, 0.4) is 0 Å². The van der Waals surface area contributed by atoms with E-state index in [1.54, 1.807) is 19.2 Å². The topological polar surface area (TPSA) is 107 Å². The van der Waals surface area contributed by atoms with Gasteiger partial charge in [-0.2, -0.15) is 0 Å². The molecule has 0 spiro atoms. The molecule has 0 bridgehead atoms. The molecule has 146 valence electrons. The van der Waals surface area contributed by atoms with E-state index in [0.717, 1.165) is 34.0 Å². The van der Waals surface area contributed by atoms with E-state index in [9.17, 15) is 8.42 Å². The number of hydrogen-bond donors (Lipinski definition) is 2. The summed E-state index contributed by atoms with van der Waals surface area (Å²) < 4.78 is 28.4. The fraction of sp³-hybridized carbons (Fsp3) is 0.200. The smallest absolute Gasteiger partial charge is 0.238 e. The van der Waals surface area contributed by atoms with Crippen molar-refractivity contribution in [1.29, 1.82) is 0 Å². The molecular weight excluding hydrogens is 376 g/mol. The molecule has 1 heterocycles. The molecule has 0 amide bonds. The number of aromatic nitrogens is 2. The van der Waals surface area contributed by atoms with Crippen LogP contribution in [0, 0.1) is 13.8 Å². The highest BCUT2D eigenvalue weighted by atomic mass is 32.2. The van der Waals surface area contributed by atoms with Crippen LogP contribution < -0.4 is 15.2 Å². The van der Waals surface area contributed by atoms with E-state index in [1.165, 1.54) is 6.07 Å². The second-order valence-electron chi connectivity index (χ2n) is 6.43. The largest absolute Gasteiger partial charge is 0.497 e. The van der Waals surface area contributed by atoms with Gasteiger partial charge in [-0.1, -0.05) is 12.1 Å². The SMILES string of the molecule is COc1ccc(Nc2nc(C)c(C)c(Cc3cccc(S(N)(=O)=O)c3)n2)cc1. The number of hydrogen-bond acceptors (Lipinski definition) is 6. The molecule has 1 aromatic heterocycles. The second-order valence-corrected chi connectivity index (χ2v) is 7.99. The zero-order valence-electron chi connectivity index (χ0n) is 15.9. The number of aryl methyl sites for hydroxylation is 1. The Morgan fingerprint density at radius 3 is 2.43 bits per heavy atom. The lowest BCUT2D eigenvalue weighted by atomic mass is 10.1. The second kappa shape index (κ2) is 7.95. The average Bonchev–Trinajstić information content (AvgIpc) is 2.66. The van der Waals surface area contributed by atoms with E-state index in [4.69, 9.17) is 9.88 Å². The lowest BCUT2D eigenvalue weighted by Crippen LogP contribution is -2.12. The summed E-state index contributed by atoms with van der Waals surface area (Å²) in [7, 11) is -2.13. The fourth-order valence-electron chi connectivity index (χ4n) is 2.75. The van der Waals surface area contributed by atoms with Crippen molar-refractivity contribution in [3.63, 3.8) is 0 Å². The zero-order valence-corrected chi connectivity index (χ0v) is 16.7. The number of primary sulfonamides is 1. The van der Waals surface area contributed by atoms with Crippen LogP contribution in [0.25, 0.3) is 0 Å². The van der Waals surface area contributed by atoms with Crippen molar-refractivity contribution in [3.05, 3.63) is 71.0 Å². The molecule has 0 aliphatic rings. The summed E-state index contributed by atoms with van der Waals surface area (Å²) in [5.74, 6) is 1.24. The first-order valence-corrected chi connectivity index (χ1v) is 10.2. The first kappa shape index (κ1) is 19.8. The Bertz CT molecular complexity index is 1100. The lowest BCUT2D eigenvalue weighted by molar-refractivity contribution is 0.415. The maximum atomic E-state index is 11.6. The monoisotopic (exact) mass is 398 g/mol. The number of nitrogens with one attached hydrogen (secondary N) is 1. The Kier molecular flexibility index (Phi) is 5.62. The molecule has 28 heavy (non-hydrogen) atoms. The average molecular weight is 398 g/mol. The van der Waals surface area contributed by atoms with Crippen LogP contribution in [0.15, 0.2) is 53.4 Å². The molecule has 0 unspecified atom stereocenters. The van der Waals surface area contributed by atoms with E-state index in [-0.39, 0.29) is 4.90 Å². The van der Waals surface area contributed by atoms with Crippen LogP contribution in [-0.2, 0) is 16.4 Å². The van der Waals surface area contributed by atoms with Crippen LogP contribution in [0.4, 0.5) is 11.6 Å². The molecule has 0 fully saturated rings. The lowest BCUT2D eigenvalue weighted by Gasteiger charge is -2.12. The van der Waals surface area contributed by atoms with Crippen LogP contribution in [0.5, 0.6) is 5.75 Å². The van der Waals surface area contributed by atoms with Crippen LogP contribution in [-0.4, -0.2) is 25.5 Å². The molecule has 3 rings (SSSR count). The van der Waals surface area contributed by atoms with Gasteiger partial charge in [0.1, 0.15) is 5.75 Å². The highest BCUT2D eigenvalue weighted by Gasteiger charge is 2.12. The highest BCUT2D eigenvalue weighted by molar-refractivity contribution is 7.89. The molecule has 0 saturated carbocycles. The number of sulfonamides is 1. The number of nitrogens with two attached hydrogens (primary N) is 1. The molecule has 0 saturated heterocycles. The number of ether oxygens (including phenoxy) is 1. The quantitative estimate of drug-likeness (QED) is 0.661. The van der Waals surface area contributed by atoms with Gasteiger partial charge in [-0.3, -0.25) is 0 Å². The van der Waals surface area contributed by atoms with Gasteiger partial charge >= 0.3 is 0 Å². The van der Waals surface area contributed by atoms with Gasteiger partial charge in [-0.25, -0.2) is 23.5 Å². The van der Waals surface area contributed by atoms with Crippen molar-refractivity contribution in [2.45, 2.75) is 25.2 Å². The van der Waals surface area contributed by atoms with Gasteiger partial charge in [0, 0.05) is 17.8 Å². The number of benzene rings is 2. The molecule has 8 heteroatoms. The Balaban J connectivity index is 1.89. The van der Waals surface area contributed by atoms with E-state index in [2.05, 4.69) is 15.3 Å². The third-order valence-electron chi connectivity index (χ3n) is 4.43. The molecule has 0 atom stereocenters. The van der Waals surface area contributed by atoms with Crippen LogP contribution in [0.1, 0.15) is 22.5 Å². The maximum Gasteiger partial charge on any atom is 0.238 e. The predicted molar refractivity (Wildman–Crippen MR) is 108 cm³/mol. The van der Waals surface area contributed by atoms with Crippen LogP contribution >= 0.6 is 0 Å². The predicted octanol–water partition coefficient (Wildman–Crippen LogP) is 3.08. The summed E-state index contributed by atoms with van der Waals surface area (Å²) in [6.45, 7) is 3.87. The van der Waals surface area contributed by atoms with E-state index in [1.807, 2.05) is 44.2 Å². The highest BCUT2D eigenvalue weighted by Crippen LogP contribution is 2.21. The van der Waals surface area contributed by atoms with Gasteiger partial charge in [-0.15, -0.1) is 0 Å². The molecule has 0 aliphatic carbocycles. The fourth-order valence-corrected chi connectivity index (χ4v) is 3.33. The molecule has 0 radical (unpaired) electrons. The molecule has 7 nitrogen and oxygen atoms in total. The number of anilines is 2. The Labute approximate surface area is 164 Å². The van der Waals surface area contributed by atoms with Gasteiger partial charge in [0.25, 0.3) is 0 Å². The molecule has 3 N–H and O–H groups in total. The van der Waals surface area contributed by atoms with Gasteiger partial charge < -0.3 is 10.1 Å². The molecule has 0 aliphatic heterocycles. The van der Waals surface area contributed by atoms with Crippen molar-refractivity contribution >= 4 is 21.7 Å². The van der Waals surface area contributed by atoms with Gasteiger partial charge in [-0.05, 0) is 61.4 Å². The first-order chi connectivity index (χ1) is 13.3. The Hall–Kier alpha value is -2.97. The first-order valence-electron chi connectivity index (χ1n) is 8.63. The third kappa shape index (κ3) is 4.65. The molecular formula is C20H22N4O3S. The standard InChI is InChI=1S/C20H22N4O3S/c1-13-14(2)22-20(23-16-7-9-17(27-3)10-8-16)24-19(13)12-15-5-4-6-18(11-15)28(21,25)26/h4-11H,12H2,1-3H3,(H2,21,25,26)(H,22,23,24). The van der Waals surface area contributed by atoms with Crippen molar-refractivity contribution in [2.75, 3.05) is 12.4 Å². The summed E-state index contributed by atoms with van der Waals surface area (Å²) in [6, 6.07) is 14.0. The number of methoxy groups -OCH3 is 1. The summed E-state index contributed by atoms with van der Waals surface area (Å²) in [5.41, 5.74) is 4.27. The van der Waals surface area contributed by atoms with Gasteiger partial charge in [0.2, 0.25) is 16.0 Å². The van der Waals surface area contributed by atoms with Crippen molar-refractivity contribution in [3.8, 4) is 5.75 Å². The van der Waals surface area contributed by atoms with Gasteiger partial charge in [0.15, 0.2) is 0 Å². The number of nitrogens with zero attached hydrogens (tertiary/aromatic N) is 2. The minimum absolute atomic E-state index is 0.0880. The van der Waals surface area contributed by atoms with Gasteiger partial charge in [0.05, 0.1) is 17.7 Å². The summed E-state index contributed by atoms with van der Waals surface area (Å²) in [4.78, 5) is 9.21. The Morgan fingerprint density at radius 2 is 1.79 bits per heavy atom.